The maximum absolute atomic E-state index is 11.9. The first-order valence-corrected chi connectivity index (χ1v) is 7.09. The predicted octanol–water partition coefficient (Wildman–Crippen LogP) is 3.22. The standard InChI is InChI=1S/C12H13BrN2OS/c1-12(2,13)11(16)15-10-8(6-14)7-4-3-5-9(7)17-10/h3-5H2,1-2H3,(H,15,16). The van der Waals surface area contributed by atoms with E-state index >= 15 is 0 Å². The van der Waals surface area contributed by atoms with Crippen molar-refractivity contribution in [2.24, 2.45) is 0 Å². The van der Waals surface area contributed by atoms with Gasteiger partial charge >= 0.3 is 0 Å². The Hall–Kier alpha value is -0.860. The van der Waals surface area contributed by atoms with Crippen molar-refractivity contribution in [1.82, 2.24) is 0 Å². The summed E-state index contributed by atoms with van der Waals surface area (Å²) in [5, 5.41) is 12.7. The van der Waals surface area contributed by atoms with E-state index in [-0.39, 0.29) is 5.91 Å². The molecule has 0 saturated carbocycles. The van der Waals surface area contributed by atoms with Crippen molar-refractivity contribution in [2.75, 3.05) is 5.32 Å². The molecule has 17 heavy (non-hydrogen) atoms. The third-order valence-corrected chi connectivity index (χ3v) is 4.37. The van der Waals surface area contributed by atoms with Gasteiger partial charge in [0, 0.05) is 4.88 Å². The summed E-state index contributed by atoms with van der Waals surface area (Å²) in [6.07, 6.45) is 3.11. The van der Waals surface area contributed by atoms with Crippen LogP contribution in [0.4, 0.5) is 5.00 Å². The Balaban J connectivity index is 2.29. The number of thiophene rings is 1. The first-order valence-electron chi connectivity index (χ1n) is 5.48. The molecule has 0 spiro atoms. The van der Waals surface area contributed by atoms with Gasteiger partial charge in [0.1, 0.15) is 11.1 Å². The molecule has 0 atom stereocenters. The van der Waals surface area contributed by atoms with Gasteiger partial charge in [-0.2, -0.15) is 5.26 Å². The number of hydrogen-bond donors (Lipinski definition) is 1. The van der Waals surface area contributed by atoms with Crippen LogP contribution in [0.1, 0.15) is 36.3 Å². The topological polar surface area (TPSA) is 52.9 Å². The summed E-state index contributed by atoms with van der Waals surface area (Å²) in [4.78, 5) is 13.1. The third kappa shape index (κ3) is 2.38. The van der Waals surface area contributed by atoms with Crippen LogP contribution in [-0.2, 0) is 17.6 Å². The first-order chi connectivity index (χ1) is 7.93. The van der Waals surface area contributed by atoms with Gasteiger partial charge in [-0.15, -0.1) is 11.3 Å². The highest BCUT2D eigenvalue weighted by molar-refractivity contribution is 9.10. The molecular weight excluding hydrogens is 300 g/mol. The molecule has 1 aromatic heterocycles. The zero-order chi connectivity index (χ0) is 12.6. The highest BCUT2D eigenvalue weighted by Gasteiger charge is 2.28. The van der Waals surface area contributed by atoms with Crippen LogP contribution in [0.2, 0.25) is 0 Å². The average Bonchev–Trinajstić information content (AvgIpc) is 2.75. The Morgan fingerprint density at radius 3 is 2.82 bits per heavy atom. The smallest absolute Gasteiger partial charge is 0.241 e. The fourth-order valence-electron chi connectivity index (χ4n) is 1.86. The average molecular weight is 313 g/mol. The fraction of sp³-hybridized carbons (Fsp3) is 0.500. The van der Waals surface area contributed by atoms with E-state index in [2.05, 4.69) is 27.3 Å². The highest BCUT2D eigenvalue weighted by Crippen LogP contribution is 2.39. The summed E-state index contributed by atoms with van der Waals surface area (Å²) < 4.78 is -0.617. The van der Waals surface area contributed by atoms with Crippen LogP contribution in [0.25, 0.3) is 0 Å². The van der Waals surface area contributed by atoms with E-state index in [1.807, 2.05) is 0 Å². The normalized spacial score (nSPS) is 14.2. The Kier molecular flexibility index (Phi) is 3.28. The molecule has 0 saturated heterocycles. The molecule has 1 N–H and O–H groups in total. The van der Waals surface area contributed by atoms with Crippen molar-refractivity contribution >= 4 is 38.2 Å². The van der Waals surface area contributed by atoms with Gasteiger partial charge in [-0.25, -0.2) is 0 Å². The van der Waals surface area contributed by atoms with E-state index in [0.29, 0.717) is 10.6 Å². The number of rotatable bonds is 2. The predicted molar refractivity (Wildman–Crippen MR) is 72.7 cm³/mol. The Morgan fingerprint density at radius 1 is 1.53 bits per heavy atom. The van der Waals surface area contributed by atoms with E-state index in [4.69, 9.17) is 0 Å². The SMILES string of the molecule is CC(C)(Br)C(=O)Nc1sc2c(c1C#N)CCC2. The maximum Gasteiger partial charge on any atom is 0.241 e. The highest BCUT2D eigenvalue weighted by atomic mass is 79.9. The molecule has 1 amide bonds. The summed E-state index contributed by atoms with van der Waals surface area (Å²) >= 11 is 4.86. The van der Waals surface area contributed by atoms with Crippen molar-refractivity contribution in [3.8, 4) is 6.07 Å². The number of anilines is 1. The number of carbonyl (C=O) groups is 1. The summed E-state index contributed by atoms with van der Waals surface area (Å²) in [5.41, 5.74) is 1.80. The van der Waals surface area contributed by atoms with Gasteiger partial charge in [0.15, 0.2) is 0 Å². The van der Waals surface area contributed by atoms with E-state index in [1.165, 1.54) is 4.88 Å². The number of nitriles is 1. The summed E-state index contributed by atoms with van der Waals surface area (Å²) in [5.74, 6) is -0.117. The van der Waals surface area contributed by atoms with E-state index < -0.39 is 4.32 Å². The molecule has 0 aromatic carbocycles. The zero-order valence-electron chi connectivity index (χ0n) is 9.76. The quantitative estimate of drug-likeness (QED) is 0.852. The van der Waals surface area contributed by atoms with E-state index in [9.17, 15) is 10.1 Å². The maximum atomic E-state index is 11.9. The molecule has 5 heteroatoms. The van der Waals surface area contributed by atoms with Crippen LogP contribution in [0.3, 0.4) is 0 Å². The number of halogens is 1. The van der Waals surface area contributed by atoms with Crippen LogP contribution >= 0.6 is 27.3 Å². The number of carbonyl (C=O) groups excluding carboxylic acids is 1. The first kappa shape index (κ1) is 12.6. The monoisotopic (exact) mass is 312 g/mol. The minimum Gasteiger partial charge on any atom is -0.315 e. The van der Waals surface area contributed by atoms with Crippen LogP contribution in [0.15, 0.2) is 0 Å². The van der Waals surface area contributed by atoms with Gasteiger partial charge in [-0.1, -0.05) is 15.9 Å². The minimum atomic E-state index is -0.617. The van der Waals surface area contributed by atoms with Crippen molar-refractivity contribution in [1.29, 1.82) is 5.26 Å². The number of fused-ring (bicyclic) bond motifs is 1. The number of nitrogens with one attached hydrogen (secondary N) is 1. The van der Waals surface area contributed by atoms with Crippen molar-refractivity contribution in [2.45, 2.75) is 37.4 Å². The largest absolute Gasteiger partial charge is 0.315 e. The lowest BCUT2D eigenvalue weighted by Crippen LogP contribution is -2.30. The molecular formula is C12H13BrN2OS. The Bertz CT molecular complexity index is 508. The molecule has 0 fully saturated rings. The van der Waals surface area contributed by atoms with E-state index in [0.717, 1.165) is 24.8 Å². The summed E-state index contributed by atoms with van der Waals surface area (Å²) in [7, 11) is 0. The van der Waals surface area contributed by atoms with Gasteiger partial charge in [0.05, 0.1) is 9.89 Å². The van der Waals surface area contributed by atoms with Crippen molar-refractivity contribution < 1.29 is 4.79 Å². The molecule has 1 aromatic rings. The van der Waals surface area contributed by atoms with E-state index in [1.54, 1.807) is 25.2 Å². The minimum absolute atomic E-state index is 0.117. The van der Waals surface area contributed by atoms with Crippen molar-refractivity contribution in [3.63, 3.8) is 0 Å². The second-order valence-electron chi connectivity index (χ2n) is 4.60. The van der Waals surface area contributed by atoms with Gasteiger partial charge in [0.2, 0.25) is 5.91 Å². The lowest BCUT2D eigenvalue weighted by molar-refractivity contribution is -0.117. The second kappa shape index (κ2) is 4.43. The molecule has 0 unspecified atom stereocenters. The number of amides is 1. The fourth-order valence-corrected chi connectivity index (χ4v) is 3.20. The molecule has 0 radical (unpaired) electrons. The zero-order valence-corrected chi connectivity index (χ0v) is 12.2. The van der Waals surface area contributed by atoms with Crippen LogP contribution in [0, 0.1) is 11.3 Å². The molecule has 90 valence electrons. The van der Waals surface area contributed by atoms with Gasteiger partial charge in [-0.3, -0.25) is 4.79 Å². The number of aryl methyl sites for hydroxylation is 1. The molecule has 2 rings (SSSR count). The lowest BCUT2D eigenvalue weighted by Gasteiger charge is -2.15. The third-order valence-electron chi connectivity index (χ3n) is 2.80. The molecule has 1 heterocycles. The molecule has 1 aliphatic carbocycles. The molecule has 3 nitrogen and oxygen atoms in total. The molecule has 0 bridgehead atoms. The summed E-state index contributed by atoms with van der Waals surface area (Å²) in [6, 6.07) is 2.21. The lowest BCUT2D eigenvalue weighted by atomic mass is 10.1. The second-order valence-corrected chi connectivity index (χ2v) is 7.69. The van der Waals surface area contributed by atoms with Gasteiger partial charge in [0.25, 0.3) is 0 Å². The molecule has 0 aliphatic heterocycles. The Labute approximate surface area is 113 Å². The number of hydrogen-bond acceptors (Lipinski definition) is 3. The molecule has 1 aliphatic rings. The van der Waals surface area contributed by atoms with Crippen LogP contribution < -0.4 is 5.32 Å². The van der Waals surface area contributed by atoms with Crippen LogP contribution in [-0.4, -0.2) is 10.2 Å². The number of nitrogens with zero attached hydrogens (tertiary/aromatic N) is 1. The van der Waals surface area contributed by atoms with Gasteiger partial charge in [-0.05, 0) is 38.7 Å². The Morgan fingerprint density at radius 2 is 2.24 bits per heavy atom. The summed E-state index contributed by atoms with van der Waals surface area (Å²) in [6.45, 7) is 3.57. The van der Waals surface area contributed by atoms with Crippen LogP contribution in [0.5, 0.6) is 0 Å². The van der Waals surface area contributed by atoms with Gasteiger partial charge < -0.3 is 5.32 Å². The number of alkyl halides is 1. The van der Waals surface area contributed by atoms with Crippen molar-refractivity contribution in [3.05, 3.63) is 16.0 Å².